The number of rotatable bonds is 5. The predicted octanol–water partition coefficient (Wildman–Crippen LogP) is 1.44. The van der Waals surface area contributed by atoms with Gasteiger partial charge in [-0.05, 0) is 17.7 Å². The van der Waals surface area contributed by atoms with Gasteiger partial charge in [-0.1, -0.05) is 29.3 Å². The van der Waals surface area contributed by atoms with Crippen molar-refractivity contribution in [1.82, 2.24) is 19.5 Å². The fourth-order valence-corrected chi connectivity index (χ4v) is 3.55. The number of aliphatic hydroxyl groups is 1. The summed E-state index contributed by atoms with van der Waals surface area (Å²) in [5.74, 6) is -0.553. The molecule has 0 aliphatic carbocycles. The normalized spacial score (nSPS) is 21.2. The smallest absolute Gasteiger partial charge is 0.310 e. The SMILES string of the molecule is Nc1nc2c(ncn2[C@H]2C[C@H](O)[C@@H](COC(=O)Cc3ccc(Cl)c(Cl)c3)O2)c(=O)[nH]1. The zero-order valence-corrected chi connectivity index (χ0v) is 16.9. The van der Waals surface area contributed by atoms with Crippen molar-refractivity contribution in [3.63, 3.8) is 0 Å². The van der Waals surface area contributed by atoms with Crippen LogP contribution in [0.3, 0.4) is 0 Å². The van der Waals surface area contributed by atoms with E-state index in [2.05, 4.69) is 15.0 Å². The van der Waals surface area contributed by atoms with Crippen molar-refractivity contribution in [2.75, 3.05) is 12.3 Å². The molecular weight excluding hydrogens is 437 g/mol. The van der Waals surface area contributed by atoms with Crippen LogP contribution in [0.25, 0.3) is 11.2 Å². The van der Waals surface area contributed by atoms with Gasteiger partial charge in [-0.15, -0.1) is 0 Å². The first-order valence-corrected chi connectivity index (χ1v) is 9.73. The van der Waals surface area contributed by atoms with Gasteiger partial charge < -0.3 is 20.3 Å². The van der Waals surface area contributed by atoms with Gasteiger partial charge >= 0.3 is 5.97 Å². The number of carbonyl (C=O) groups excluding carboxylic acids is 1. The molecule has 3 atom stereocenters. The molecule has 2 aromatic heterocycles. The minimum absolute atomic E-state index is 0.00125. The molecule has 12 heteroatoms. The van der Waals surface area contributed by atoms with E-state index in [4.69, 9.17) is 38.4 Å². The molecule has 1 saturated heterocycles. The number of nitrogens with two attached hydrogens (primary N) is 1. The number of nitrogens with zero attached hydrogens (tertiary/aromatic N) is 3. The number of hydrogen-bond acceptors (Lipinski definition) is 8. The maximum atomic E-state index is 12.1. The molecule has 0 saturated carbocycles. The number of hydrogen-bond donors (Lipinski definition) is 3. The van der Waals surface area contributed by atoms with Crippen LogP contribution in [0.5, 0.6) is 0 Å². The van der Waals surface area contributed by atoms with Crippen molar-refractivity contribution in [2.45, 2.75) is 31.3 Å². The lowest BCUT2D eigenvalue weighted by Crippen LogP contribution is -2.28. The molecule has 3 aromatic rings. The topological polar surface area (TPSA) is 145 Å². The maximum Gasteiger partial charge on any atom is 0.310 e. The number of carbonyl (C=O) groups is 1. The molecule has 1 aromatic carbocycles. The molecule has 1 aliphatic heterocycles. The van der Waals surface area contributed by atoms with Crippen molar-refractivity contribution < 1.29 is 19.4 Å². The molecule has 0 amide bonds. The number of aromatic nitrogens is 4. The standard InChI is InChI=1S/C18H17Cl2N5O5/c19-9-2-1-8(3-10(9)20)4-14(27)29-6-12-11(26)5-13(30-12)25-7-22-15-16(25)23-18(21)24-17(15)28/h1-3,7,11-13,26H,4-6H2,(H3,21,23,24,28)/t11-,12+,13+/m0/s1. The van der Waals surface area contributed by atoms with E-state index < -0.39 is 30.0 Å². The molecule has 3 heterocycles. The van der Waals surface area contributed by atoms with E-state index in [1.165, 1.54) is 10.9 Å². The van der Waals surface area contributed by atoms with Gasteiger partial charge in [0.25, 0.3) is 5.56 Å². The van der Waals surface area contributed by atoms with Gasteiger partial charge in [0, 0.05) is 6.42 Å². The van der Waals surface area contributed by atoms with Crippen LogP contribution in [0.1, 0.15) is 18.2 Å². The van der Waals surface area contributed by atoms with Crippen LogP contribution >= 0.6 is 23.2 Å². The number of nitrogen functional groups attached to an aromatic ring is 1. The Kier molecular flexibility index (Phi) is 5.65. The number of halogens is 2. The number of nitrogens with one attached hydrogen (secondary N) is 1. The highest BCUT2D eigenvalue weighted by molar-refractivity contribution is 6.42. The van der Waals surface area contributed by atoms with Gasteiger partial charge in [0.2, 0.25) is 5.95 Å². The number of aliphatic hydroxyl groups excluding tert-OH is 1. The average molecular weight is 454 g/mol. The zero-order chi connectivity index (χ0) is 21.4. The fourth-order valence-electron chi connectivity index (χ4n) is 3.23. The van der Waals surface area contributed by atoms with Crippen LogP contribution in [-0.2, 0) is 20.7 Å². The van der Waals surface area contributed by atoms with Gasteiger partial charge in [0.1, 0.15) is 18.9 Å². The molecule has 0 radical (unpaired) electrons. The molecule has 4 N–H and O–H groups in total. The van der Waals surface area contributed by atoms with E-state index in [9.17, 15) is 14.7 Å². The summed E-state index contributed by atoms with van der Waals surface area (Å²) in [6.07, 6.45) is -0.676. The highest BCUT2D eigenvalue weighted by atomic mass is 35.5. The number of H-pyrrole nitrogens is 1. The molecule has 10 nitrogen and oxygen atoms in total. The molecule has 158 valence electrons. The van der Waals surface area contributed by atoms with Crippen molar-refractivity contribution in [3.8, 4) is 0 Å². The second-order valence-corrected chi connectivity index (χ2v) is 7.63. The van der Waals surface area contributed by atoms with E-state index >= 15 is 0 Å². The minimum atomic E-state index is -0.885. The number of imidazole rings is 1. The molecular formula is C18H17Cl2N5O5. The van der Waals surface area contributed by atoms with Crippen LogP contribution in [-0.4, -0.2) is 49.4 Å². The number of fused-ring (bicyclic) bond motifs is 1. The molecule has 1 aliphatic rings. The fraction of sp³-hybridized carbons (Fsp3) is 0.333. The van der Waals surface area contributed by atoms with Gasteiger partial charge in [-0.25, -0.2) is 4.98 Å². The zero-order valence-electron chi connectivity index (χ0n) is 15.4. The quantitative estimate of drug-likeness (QED) is 0.491. The molecule has 0 bridgehead atoms. The molecule has 0 spiro atoms. The third kappa shape index (κ3) is 4.12. The largest absolute Gasteiger partial charge is 0.463 e. The summed E-state index contributed by atoms with van der Waals surface area (Å²) in [6, 6.07) is 4.87. The van der Waals surface area contributed by atoms with Gasteiger partial charge in [-0.2, -0.15) is 4.98 Å². The molecule has 0 unspecified atom stereocenters. The van der Waals surface area contributed by atoms with Gasteiger partial charge in [0.15, 0.2) is 11.2 Å². The van der Waals surface area contributed by atoms with Crippen molar-refractivity contribution in [1.29, 1.82) is 0 Å². The summed E-state index contributed by atoms with van der Waals surface area (Å²) >= 11 is 11.8. The Bertz CT molecular complexity index is 1160. The monoisotopic (exact) mass is 453 g/mol. The Morgan fingerprint density at radius 3 is 2.97 bits per heavy atom. The third-order valence-electron chi connectivity index (χ3n) is 4.71. The lowest BCUT2D eigenvalue weighted by Gasteiger charge is -2.16. The minimum Gasteiger partial charge on any atom is -0.463 e. The number of aromatic amines is 1. The lowest BCUT2D eigenvalue weighted by atomic mass is 10.1. The lowest BCUT2D eigenvalue weighted by molar-refractivity contribution is -0.149. The van der Waals surface area contributed by atoms with Crippen molar-refractivity contribution >= 4 is 46.3 Å². The average Bonchev–Trinajstić information content (AvgIpc) is 3.26. The molecule has 4 rings (SSSR count). The number of anilines is 1. The van der Waals surface area contributed by atoms with Crippen molar-refractivity contribution in [3.05, 3.63) is 50.5 Å². The Morgan fingerprint density at radius 2 is 2.20 bits per heavy atom. The second kappa shape index (κ2) is 8.23. The van der Waals surface area contributed by atoms with Gasteiger partial charge in [0.05, 0.1) is 28.9 Å². The second-order valence-electron chi connectivity index (χ2n) is 6.82. The van der Waals surface area contributed by atoms with E-state index in [1.807, 2.05) is 0 Å². The van der Waals surface area contributed by atoms with Crippen LogP contribution in [0.4, 0.5) is 5.95 Å². The Hall–Kier alpha value is -2.66. The number of ether oxygens (including phenoxy) is 2. The maximum absolute atomic E-state index is 12.1. The predicted molar refractivity (Wildman–Crippen MR) is 108 cm³/mol. The van der Waals surface area contributed by atoms with Gasteiger partial charge in [-0.3, -0.25) is 19.1 Å². The number of esters is 1. The van der Waals surface area contributed by atoms with Crippen LogP contribution in [0.2, 0.25) is 10.0 Å². The molecule has 30 heavy (non-hydrogen) atoms. The summed E-state index contributed by atoms with van der Waals surface area (Å²) in [7, 11) is 0. The first kappa shape index (κ1) is 20.6. The summed E-state index contributed by atoms with van der Waals surface area (Å²) in [6.45, 7) is -0.138. The Morgan fingerprint density at radius 1 is 1.40 bits per heavy atom. The summed E-state index contributed by atoms with van der Waals surface area (Å²) in [5.41, 5.74) is 6.13. The summed E-state index contributed by atoms with van der Waals surface area (Å²) < 4.78 is 12.6. The van der Waals surface area contributed by atoms with Crippen molar-refractivity contribution in [2.24, 2.45) is 0 Å². The number of benzene rings is 1. The summed E-state index contributed by atoms with van der Waals surface area (Å²) in [5, 5.41) is 11.1. The van der Waals surface area contributed by atoms with E-state index in [-0.39, 0.29) is 36.6 Å². The summed E-state index contributed by atoms with van der Waals surface area (Å²) in [4.78, 5) is 34.5. The highest BCUT2D eigenvalue weighted by Gasteiger charge is 2.36. The Labute approximate surface area is 179 Å². The van der Waals surface area contributed by atoms with Crippen LogP contribution in [0, 0.1) is 0 Å². The van der Waals surface area contributed by atoms with E-state index in [0.29, 0.717) is 15.6 Å². The van der Waals surface area contributed by atoms with E-state index in [1.54, 1.807) is 18.2 Å². The third-order valence-corrected chi connectivity index (χ3v) is 5.45. The first-order valence-electron chi connectivity index (χ1n) is 8.97. The molecule has 1 fully saturated rings. The highest BCUT2D eigenvalue weighted by Crippen LogP contribution is 2.30. The van der Waals surface area contributed by atoms with Crippen LogP contribution < -0.4 is 11.3 Å². The van der Waals surface area contributed by atoms with E-state index in [0.717, 1.165) is 0 Å². The first-order chi connectivity index (χ1) is 14.3. The van der Waals surface area contributed by atoms with Crippen LogP contribution in [0.15, 0.2) is 29.3 Å². The Balaban J connectivity index is 1.39.